The number of nitrogens with one attached hydrogen (secondary N) is 1. The fourth-order valence-electron chi connectivity index (χ4n) is 1.42. The second-order valence-electron chi connectivity index (χ2n) is 3.49. The van der Waals surface area contributed by atoms with Gasteiger partial charge in [-0.15, -0.1) is 11.3 Å². The number of nitrogens with zero attached hydrogens (tertiary/aromatic N) is 1. The molecule has 0 bridgehead atoms. The molecule has 1 N–H and O–H groups in total. The van der Waals surface area contributed by atoms with Gasteiger partial charge in [0.2, 0.25) is 0 Å². The molecule has 0 aliphatic rings. The van der Waals surface area contributed by atoms with Crippen LogP contribution >= 0.6 is 11.3 Å². The van der Waals surface area contributed by atoms with Crippen LogP contribution in [0.4, 0.5) is 0 Å². The third-order valence-corrected chi connectivity index (χ3v) is 3.22. The Bertz CT molecular complexity index is 409. The lowest BCUT2D eigenvalue weighted by Crippen LogP contribution is -2.12. The van der Waals surface area contributed by atoms with E-state index in [4.69, 9.17) is 0 Å². The van der Waals surface area contributed by atoms with E-state index in [1.165, 1.54) is 16.0 Å². The van der Waals surface area contributed by atoms with Crippen LogP contribution in [0.2, 0.25) is 0 Å². The molecule has 0 saturated carbocycles. The van der Waals surface area contributed by atoms with Crippen LogP contribution in [0.25, 0.3) is 0 Å². The van der Waals surface area contributed by atoms with E-state index in [0.29, 0.717) is 0 Å². The van der Waals surface area contributed by atoms with E-state index in [9.17, 15) is 0 Å². The van der Waals surface area contributed by atoms with Crippen molar-refractivity contribution in [2.75, 3.05) is 0 Å². The van der Waals surface area contributed by atoms with Gasteiger partial charge in [0, 0.05) is 30.4 Å². The van der Waals surface area contributed by atoms with Gasteiger partial charge >= 0.3 is 0 Å². The van der Waals surface area contributed by atoms with E-state index >= 15 is 0 Å². The second-order valence-corrected chi connectivity index (χ2v) is 4.52. The summed E-state index contributed by atoms with van der Waals surface area (Å²) in [7, 11) is 0. The van der Waals surface area contributed by atoms with Gasteiger partial charge in [-0.25, -0.2) is 0 Å². The van der Waals surface area contributed by atoms with E-state index in [0.717, 1.165) is 13.1 Å². The number of pyridine rings is 1. The quantitative estimate of drug-likeness (QED) is 0.853. The first kappa shape index (κ1) is 10.3. The van der Waals surface area contributed by atoms with Crippen molar-refractivity contribution >= 4 is 11.3 Å². The summed E-state index contributed by atoms with van der Waals surface area (Å²) in [6.07, 6.45) is 3.76. The monoisotopic (exact) mass is 218 g/mol. The Morgan fingerprint density at radius 3 is 3.00 bits per heavy atom. The molecular formula is C12H14N2S. The molecule has 2 nitrogen and oxygen atoms in total. The number of hydrogen-bond donors (Lipinski definition) is 1. The van der Waals surface area contributed by atoms with Crippen molar-refractivity contribution < 1.29 is 0 Å². The summed E-state index contributed by atoms with van der Waals surface area (Å²) < 4.78 is 0. The number of aryl methyl sites for hydroxylation is 1. The van der Waals surface area contributed by atoms with Gasteiger partial charge < -0.3 is 5.32 Å². The highest BCUT2D eigenvalue weighted by Gasteiger charge is 1.97. The van der Waals surface area contributed by atoms with Crippen molar-refractivity contribution in [3.05, 3.63) is 52.0 Å². The molecular weight excluding hydrogens is 204 g/mol. The summed E-state index contributed by atoms with van der Waals surface area (Å²) in [6.45, 7) is 3.94. The van der Waals surface area contributed by atoms with Crippen molar-refractivity contribution in [1.82, 2.24) is 10.3 Å². The van der Waals surface area contributed by atoms with E-state index in [-0.39, 0.29) is 0 Å². The maximum absolute atomic E-state index is 4.12. The van der Waals surface area contributed by atoms with Gasteiger partial charge in [-0.1, -0.05) is 6.07 Å². The largest absolute Gasteiger partial charge is 0.308 e. The van der Waals surface area contributed by atoms with E-state index in [2.05, 4.69) is 34.7 Å². The van der Waals surface area contributed by atoms with E-state index in [1.807, 2.05) is 18.5 Å². The number of thiophene rings is 1. The molecule has 0 aliphatic carbocycles. The number of aromatic nitrogens is 1. The molecule has 3 heteroatoms. The highest BCUT2D eigenvalue weighted by atomic mass is 32.1. The topological polar surface area (TPSA) is 24.9 Å². The lowest BCUT2D eigenvalue weighted by molar-refractivity contribution is 0.696. The SMILES string of the molecule is Cc1ccncc1CNCc1cccs1. The summed E-state index contributed by atoms with van der Waals surface area (Å²) >= 11 is 1.78. The van der Waals surface area contributed by atoms with E-state index in [1.54, 1.807) is 11.3 Å². The summed E-state index contributed by atoms with van der Waals surface area (Å²) in [4.78, 5) is 5.50. The molecule has 0 unspecified atom stereocenters. The Morgan fingerprint density at radius 1 is 1.33 bits per heavy atom. The summed E-state index contributed by atoms with van der Waals surface area (Å²) in [5, 5.41) is 5.52. The summed E-state index contributed by atoms with van der Waals surface area (Å²) in [6, 6.07) is 6.27. The van der Waals surface area contributed by atoms with Crippen molar-refractivity contribution in [2.45, 2.75) is 20.0 Å². The predicted octanol–water partition coefficient (Wildman–Crippen LogP) is 2.74. The fraction of sp³-hybridized carbons (Fsp3) is 0.250. The zero-order valence-corrected chi connectivity index (χ0v) is 9.55. The average Bonchev–Trinajstić information content (AvgIpc) is 2.74. The van der Waals surface area contributed by atoms with Gasteiger partial charge in [0.05, 0.1) is 0 Å². The standard InChI is InChI=1S/C12H14N2S/c1-10-4-5-13-7-11(10)8-14-9-12-3-2-6-15-12/h2-7,14H,8-9H2,1H3. The Hall–Kier alpha value is -1.19. The lowest BCUT2D eigenvalue weighted by Gasteiger charge is -2.05. The van der Waals surface area contributed by atoms with Gasteiger partial charge in [-0.05, 0) is 35.6 Å². The van der Waals surface area contributed by atoms with Crippen LogP contribution in [0.5, 0.6) is 0 Å². The fourth-order valence-corrected chi connectivity index (χ4v) is 2.09. The van der Waals surface area contributed by atoms with Gasteiger partial charge in [-0.3, -0.25) is 4.98 Å². The zero-order chi connectivity index (χ0) is 10.5. The third kappa shape index (κ3) is 2.88. The number of rotatable bonds is 4. The minimum absolute atomic E-state index is 0.886. The van der Waals surface area contributed by atoms with Crippen molar-refractivity contribution in [2.24, 2.45) is 0 Å². The number of hydrogen-bond acceptors (Lipinski definition) is 3. The van der Waals surface area contributed by atoms with Crippen LogP contribution in [0.1, 0.15) is 16.0 Å². The van der Waals surface area contributed by atoms with Crippen molar-refractivity contribution in [1.29, 1.82) is 0 Å². The molecule has 0 saturated heterocycles. The Morgan fingerprint density at radius 2 is 2.27 bits per heavy atom. The van der Waals surface area contributed by atoms with Crippen molar-refractivity contribution in [3.63, 3.8) is 0 Å². The molecule has 2 aromatic rings. The van der Waals surface area contributed by atoms with Gasteiger partial charge in [-0.2, -0.15) is 0 Å². The normalized spacial score (nSPS) is 10.5. The molecule has 15 heavy (non-hydrogen) atoms. The molecule has 2 aromatic heterocycles. The molecule has 0 aromatic carbocycles. The molecule has 2 rings (SSSR count). The van der Waals surface area contributed by atoms with Crippen LogP contribution in [0.3, 0.4) is 0 Å². The summed E-state index contributed by atoms with van der Waals surface area (Å²) in [5.41, 5.74) is 2.57. The molecule has 0 atom stereocenters. The minimum atomic E-state index is 0.886. The minimum Gasteiger partial charge on any atom is -0.308 e. The Balaban J connectivity index is 1.86. The van der Waals surface area contributed by atoms with Crippen LogP contribution in [0, 0.1) is 6.92 Å². The van der Waals surface area contributed by atoms with Crippen LogP contribution in [-0.2, 0) is 13.1 Å². The maximum atomic E-state index is 4.12. The van der Waals surface area contributed by atoms with Crippen molar-refractivity contribution in [3.8, 4) is 0 Å². The van der Waals surface area contributed by atoms with Gasteiger partial charge in [0.15, 0.2) is 0 Å². The van der Waals surface area contributed by atoms with Gasteiger partial charge in [0.1, 0.15) is 0 Å². The lowest BCUT2D eigenvalue weighted by atomic mass is 10.1. The first-order valence-electron chi connectivity index (χ1n) is 4.99. The Kier molecular flexibility index (Phi) is 3.48. The average molecular weight is 218 g/mol. The highest BCUT2D eigenvalue weighted by Crippen LogP contribution is 2.09. The van der Waals surface area contributed by atoms with Crippen LogP contribution in [0.15, 0.2) is 36.0 Å². The predicted molar refractivity (Wildman–Crippen MR) is 63.8 cm³/mol. The van der Waals surface area contributed by atoms with E-state index < -0.39 is 0 Å². The second kappa shape index (κ2) is 5.05. The zero-order valence-electron chi connectivity index (χ0n) is 8.73. The molecule has 2 heterocycles. The molecule has 0 amide bonds. The maximum Gasteiger partial charge on any atom is 0.0315 e. The third-order valence-electron chi connectivity index (χ3n) is 2.34. The smallest absolute Gasteiger partial charge is 0.0315 e. The Labute approximate surface area is 94.0 Å². The highest BCUT2D eigenvalue weighted by molar-refractivity contribution is 7.09. The van der Waals surface area contributed by atoms with Crippen LogP contribution < -0.4 is 5.32 Å². The van der Waals surface area contributed by atoms with Crippen LogP contribution in [-0.4, -0.2) is 4.98 Å². The first-order chi connectivity index (χ1) is 7.36. The molecule has 78 valence electrons. The first-order valence-corrected chi connectivity index (χ1v) is 5.87. The summed E-state index contributed by atoms with van der Waals surface area (Å²) in [5.74, 6) is 0. The molecule has 0 radical (unpaired) electrons. The molecule has 0 fully saturated rings. The molecule has 0 aliphatic heterocycles. The van der Waals surface area contributed by atoms with Gasteiger partial charge in [0.25, 0.3) is 0 Å². The molecule has 0 spiro atoms.